The molecular weight excluding hydrogens is 497 g/mol. The number of methoxy groups -OCH3 is 1. The van der Waals surface area contributed by atoms with Crippen molar-refractivity contribution in [2.45, 2.75) is 50.7 Å². The van der Waals surface area contributed by atoms with Gasteiger partial charge in [-0.15, -0.1) is 23.7 Å². The molecule has 2 aromatic heterocycles. The van der Waals surface area contributed by atoms with Crippen molar-refractivity contribution in [3.63, 3.8) is 0 Å². The van der Waals surface area contributed by atoms with Gasteiger partial charge in [0.2, 0.25) is 0 Å². The van der Waals surface area contributed by atoms with E-state index in [9.17, 15) is 9.18 Å². The minimum absolute atomic E-state index is 0. The first-order valence-electron chi connectivity index (χ1n) is 12.1. The lowest BCUT2D eigenvalue weighted by atomic mass is 9.84. The Hall–Kier alpha value is -2.58. The number of aromatic nitrogens is 2. The highest BCUT2D eigenvalue weighted by atomic mass is 35.5. The number of rotatable bonds is 6. The molecule has 0 amide bonds. The highest BCUT2D eigenvalue weighted by molar-refractivity contribution is 7.15. The summed E-state index contributed by atoms with van der Waals surface area (Å²) in [5.74, 6) is -0.245. The van der Waals surface area contributed by atoms with Gasteiger partial charge in [0, 0.05) is 42.4 Å². The minimum Gasteiger partial charge on any atom is -0.369 e. The highest BCUT2D eigenvalue weighted by Gasteiger charge is 2.30. The van der Waals surface area contributed by atoms with Gasteiger partial charge in [0.25, 0.3) is 5.56 Å². The molecule has 3 heterocycles. The number of benzene rings is 1. The Bertz CT molecular complexity index is 1380. The molecule has 2 atom stereocenters. The maximum Gasteiger partial charge on any atom is 0.261 e. The monoisotopic (exact) mass is 527 g/mol. The van der Waals surface area contributed by atoms with Crippen molar-refractivity contribution < 1.29 is 9.13 Å². The predicted octanol–water partition coefficient (Wildman–Crippen LogP) is 5.66. The molecule has 1 N–H and O–H groups in total. The summed E-state index contributed by atoms with van der Waals surface area (Å²) in [7, 11) is 1.70. The highest BCUT2D eigenvalue weighted by Crippen LogP contribution is 2.35. The van der Waals surface area contributed by atoms with Crippen molar-refractivity contribution >= 4 is 28.7 Å². The molecule has 1 aliphatic heterocycles. The molecule has 2 aliphatic rings. The normalized spacial score (nSPS) is 23.0. The summed E-state index contributed by atoms with van der Waals surface area (Å²) in [4.78, 5) is 18.2. The molecule has 1 fully saturated rings. The summed E-state index contributed by atoms with van der Waals surface area (Å²) in [5, 5.41) is 5.52. The third-order valence-electron chi connectivity index (χ3n) is 7.15. The van der Waals surface area contributed by atoms with Gasteiger partial charge >= 0.3 is 0 Å². The number of fused-ring (bicyclic) bond motifs is 1. The summed E-state index contributed by atoms with van der Waals surface area (Å²) in [6, 6.07) is 6.87. The van der Waals surface area contributed by atoms with E-state index in [1.165, 1.54) is 34.6 Å². The second-order valence-corrected chi connectivity index (χ2v) is 10.2. The lowest BCUT2D eigenvalue weighted by Gasteiger charge is -2.31. The zero-order chi connectivity index (χ0) is 24.4. The van der Waals surface area contributed by atoms with E-state index in [0.717, 1.165) is 54.0 Å². The van der Waals surface area contributed by atoms with Gasteiger partial charge in [-0.2, -0.15) is 0 Å². The topological polar surface area (TPSA) is 55.6 Å². The molecule has 36 heavy (non-hydrogen) atoms. The molecule has 0 bridgehead atoms. The number of aryl methyl sites for hydroxylation is 1. The largest absolute Gasteiger partial charge is 0.369 e. The molecule has 0 spiro atoms. The van der Waals surface area contributed by atoms with Crippen molar-refractivity contribution in [1.29, 1.82) is 0 Å². The summed E-state index contributed by atoms with van der Waals surface area (Å²) >= 11 is 1.49. The first-order valence-corrected chi connectivity index (χ1v) is 12.9. The Labute approximate surface area is 220 Å². The van der Waals surface area contributed by atoms with Gasteiger partial charge in [-0.25, -0.2) is 9.37 Å². The average molecular weight is 528 g/mol. The number of hydrogen-bond donors (Lipinski definition) is 1. The van der Waals surface area contributed by atoms with Crippen molar-refractivity contribution in [2.75, 3.05) is 13.7 Å². The van der Waals surface area contributed by atoms with Crippen LogP contribution in [0.2, 0.25) is 0 Å². The number of nitrogens with one attached hydrogen (secondary N) is 1. The number of ether oxygens (including phenoxy) is 1. The zero-order valence-corrected chi connectivity index (χ0v) is 22.1. The zero-order valence-electron chi connectivity index (χ0n) is 20.5. The third-order valence-corrected chi connectivity index (χ3v) is 7.91. The molecule has 8 heteroatoms. The second kappa shape index (κ2) is 11.2. The molecule has 2 unspecified atom stereocenters. The van der Waals surface area contributed by atoms with Crippen LogP contribution in [0.1, 0.15) is 42.5 Å². The van der Waals surface area contributed by atoms with Gasteiger partial charge in [0.15, 0.2) is 4.96 Å². The Morgan fingerprint density at radius 3 is 2.86 bits per heavy atom. The van der Waals surface area contributed by atoms with E-state index in [2.05, 4.69) is 34.6 Å². The van der Waals surface area contributed by atoms with Crippen molar-refractivity contribution in [1.82, 2.24) is 14.7 Å². The summed E-state index contributed by atoms with van der Waals surface area (Å²) in [5.41, 5.74) is 4.69. The van der Waals surface area contributed by atoms with Gasteiger partial charge in [-0.3, -0.25) is 9.20 Å². The van der Waals surface area contributed by atoms with Gasteiger partial charge in [-0.05, 0) is 68.5 Å². The summed E-state index contributed by atoms with van der Waals surface area (Å²) in [6.07, 6.45) is 14.8. The van der Waals surface area contributed by atoms with Crippen LogP contribution in [0.25, 0.3) is 4.96 Å². The SMILES string of the molecule is COC1(c2ccc(F)cc2)C=CC(C=C2CCNC(CCc3c(C)nc4sccn4c3=O)C2)=CC1.Cl. The standard InChI is InChI=1S/C28H30FN3O2S.ClH/c1-19-25(26(33)32-15-16-35-27(32)31-19)8-7-24-18-21(11-14-30-24)17-20-9-12-28(34-2,13-10-20)22-3-5-23(29)6-4-22;/h3-6,9-10,12,15-17,24,30H,7-8,11,13-14,18H2,1-2H3;1H. The van der Waals surface area contributed by atoms with Crippen LogP contribution in [-0.2, 0) is 16.8 Å². The molecule has 3 aromatic rings. The van der Waals surface area contributed by atoms with Crippen LogP contribution in [0.15, 0.2) is 76.1 Å². The van der Waals surface area contributed by atoms with E-state index in [1.807, 2.05) is 12.3 Å². The first kappa shape index (κ1) is 26.5. The number of halogens is 2. The van der Waals surface area contributed by atoms with Crippen LogP contribution in [0.3, 0.4) is 0 Å². The Morgan fingerprint density at radius 1 is 1.33 bits per heavy atom. The molecule has 0 radical (unpaired) electrons. The maximum absolute atomic E-state index is 13.4. The summed E-state index contributed by atoms with van der Waals surface area (Å²) in [6.45, 7) is 2.87. The van der Waals surface area contributed by atoms with Crippen LogP contribution < -0.4 is 10.9 Å². The van der Waals surface area contributed by atoms with Crippen LogP contribution in [0.4, 0.5) is 4.39 Å². The van der Waals surface area contributed by atoms with E-state index in [1.54, 1.807) is 29.8 Å². The fraction of sp³-hybridized carbons (Fsp3) is 0.357. The van der Waals surface area contributed by atoms with E-state index >= 15 is 0 Å². The lowest BCUT2D eigenvalue weighted by Crippen LogP contribution is -2.36. The Morgan fingerprint density at radius 2 is 2.14 bits per heavy atom. The lowest BCUT2D eigenvalue weighted by molar-refractivity contribution is 0.0304. The third kappa shape index (κ3) is 5.39. The van der Waals surface area contributed by atoms with Crippen LogP contribution in [-0.4, -0.2) is 29.1 Å². The van der Waals surface area contributed by atoms with Crippen molar-refractivity contribution in [3.05, 3.63) is 104 Å². The summed E-state index contributed by atoms with van der Waals surface area (Å²) < 4.78 is 20.9. The van der Waals surface area contributed by atoms with Gasteiger partial charge < -0.3 is 10.1 Å². The predicted molar refractivity (Wildman–Crippen MR) is 146 cm³/mol. The van der Waals surface area contributed by atoms with E-state index in [4.69, 9.17) is 4.74 Å². The first-order chi connectivity index (χ1) is 17.0. The molecule has 1 saturated heterocycles. The van der Waals surface area contributed by atoms with Gasteiger partial charge in [-0.1, -0.05) is 35.9 Å². The Balaban J connectivity index is 0.00000304. The molecule has 5 nitrogen and oxygen atoms in total. The van der Waals surface area contributed by atoms with Crippen LogP contribution in [0, 0.1) is 12.7 Å². The van der Waals surface area contributed by atoms with E-state index < -0.39 is 5.60 Å². The van der Waals surface area contributed by atoms with Crippen molar-refractivity contribution in [2.24, 2.45) is 0 Å². The van der Waals surface area contributed by atoms with Crippen molar-refractivity contribution in [3.8, 4) is 0 Å². The average Bonchev–Trinajstić information content (AvgIpc) is 3.34. The number of allylic oxidation sites excluding steroid dienone is 3. The van der Waals surface area contributed by atoms with Crippen LogP contribution in [0.5, 0.6) is 0 Å². The number of thiazole rings is 1. The second-order valence-electron chi connectivity index (χ2n) is 9.33. The number of nitrogens with zero attached hydrogens (tertiary/aromatic N) is 2. The molecule has 1 aromatic carbocycles. The Kier molecular flexibility index (Phi) is 8.25. The fourth-order valence-electron chi connectivity index (χ4n) is 5.08. The molecule has 5 rings (SSSR count). The smallest absolute Gasteiger partial charge is 0.261 e. The molecular formula is C28H31ClFN3O2S. The molecule has 190 valence electrons. The fourth-order valence-corrected chi connectivity index (χ4v) is 5.83. The van der Waals surface area contributed by atoms with E-state index in [-0.39, 0.29) is 23.8 Å². The maximum atomic E-state index is 13.4. The number of hydrogen-bond acceptors (Lipinski definition) is 5. The minimum atomic E-state index is -0.560. The molecule has 1 aliphatic carbocycles. The molecule has 0 saturated carbocycles. The van der Waals surface area contributed by atoms with Gasteiger partial charge in [0.1, 0.15) is 11.4 Å². The number of piperidine rings is 1. The quantitative estimate of drug-likeness (QED) is 0.449. The van der Waals surface area contributed by atoms with Crippen LogP contribution >= 0.6 is 23.7 Å². The van der Waals surface area contributed by atoms with E-state index in [0.29, 0.717) is 12.5 Å². The van der Waals surface area contributed by atoms with Gasteiger partial charge in [0.05, 0.1) is 0 Å².